The quantitative estimate of drug-likeness (QED) is 0.113. The number of benzene rings is 2. The standard InChI is InChI=1S/C44H57N5O11/c1-2-14-33(38(51)41(54)45-24-35(50)47-37(44(58)59)29-19-10-5-11-20-29)46-40(53)34-23-30(60-26-27-15-6-3-7-16-27)25-49(34)42(55)36(28-17-8-4-9-18-28)48-39(52)31-21-12-13-22-32(31)43(56)57/h3,5-7,10-11,15-16,19-20,28,30-34,36-37H,2,4,8-9,12-14,17-18,21-26H2,1H3,(H,45,54)(H,46,53)(H,47,50)(H,48,52)(H,56,57)(H,58,59)/t30-,31?,32?,33?,34+,36?,37?/m1/s1. The number of carbonyl (C=O) groups excluding carboxylic acids is 6. The van der Waals surface area contributed by atoms with Crippen LogP contribution in [0.2, 0.25) is 0 Å². The van der Waals surface area contributed by atoms with Gasteiger partial charge in [0, 0.05) is 13.0 Å². The number of amides is 5. The third kappa shape index (κ3) is 12.2. The van der Waals surface area contributed by atoms with Crippen LogP contribution in [0.5, 0.6) is 0 Å². The molecule has 2 saturated carbocycles. The van der Waals surface area contributed by atoms with Crippen LogP contribution in [0, 0.1) is 17.8 Å². The van der Waals surface area contributed by atoms with Crippen molar-refractivity contribution in [2.75, 3.05) is 13.1 Å². The van der Waals surface area contributed by atoms with Crippen LogP contribution in [0.3, 0.4) is 0 Å². The zero-order valence-corrected chi connectivity index (χ0v) is 34.0. The lowest BCUT2D eigenvalue weighted by Crippen LogP contribution is -2.59. The van der Waals surface area contributed by atoms with Gasteiger partial charge >= 0.3 is 11.9 Å². The van der Waals surface area contributed by atoms with Gasteiger partial charge in [0.1, 0.15) is 12.1 Å². The van der Waals surface area contributed by atoms with Crippen LogP contribution >= 0.6 is 0 Å². The summed E-state index contributed by atoms with van der Waals surface area (Å²) < 4.78 is 6.22. The topological polar surface area (TPSA) is 238 Å². The highest BCUT2D eigenvalue weighted by Crippen LogP contribution is 2.33. The molecule has 5 amide bonds. The third-order valence-electron chi connectivity index (χ3n) is 11.8. The van der Waals surface area contributed by atoms with Crippen molar-refractivity contribution in [2.24, 2.45) is 17.8 Å². The third-order valence-corrected chi connectivity index (χ3v) is 11.8. The number of rotatable bonds is 19. The summed E-state index contributed by atoms with van der Waals surface area (Å²) >= 11 is 0. The summed E-state index contributed by atoms with van der Waals surface area (Å²) in [4.78, 5) is 107. The van der Waals surface area contributed by atoms with Crippen LogP contribution in [0.4, 0.5) is 0 Å². The summed E-state index contributed by atoms with van der Waals surface area (Å²) in [6.45, 7) is 1.26. The minimum absolute atomic E-state index is 0.00628. The van der Waals surface area contributed by atoms with Crippen molar-refractivity contribution in [3.63, 3.8) is 0 Å². The molecular weight excluding hydrogens is 775 g/mol. The first kappa shape index (κ1) is 45.4. The average molecular weight is 832 g/mol. The molecule has 0 bridgehead atoms. The molecule has 0 radical (unpaired) electrons. The van der Waals surface area contributed by atoms with Crippen molar-refractivity contribution in [3.8, 4) is 0 Å². The van der Waals surface area contributed by atoms with E-state index in [0.717, 1.165) is 24.8 Å². The number of Topliss-reactive ketones (excluding diaryl/α,β-unsaturated/α-hetero) is 1. The Morgan fingerprint density at radius 3 is 2.03 bits per heavy atom. The molecule has 5 rings (SSSR count). The summed E-state index contributed by atoms with van der Waals surface area (Å²) in [7, 11) is 0. The largest absolute Gasteiger partial charge is 0.481 e. The summed E-state index contributed by atoms with van der Waals surface area (Å²) in [6, 6.07) is 12.4. The molecule has 0 aromatic heterocycles. The van der Waals surface area contributed by atoms with Gasteiger partial charge in [0.25, 0.3) is 5.91 Å². The Hall–Kier alpha value is -5.64. The molecule has 60 heavy (non-hydrogen) atoms. The molecule has 3 aliphatic rings. The van der Waals surface area contributed by atoms with Crippen LogP contribution in [0.25, 0.3) is 0 Å². The Balaban J connectivity index is 1.31. The van der Waals surface area contributed by atoms with Gasteiger partial charge in [-0.05, 0) is 49.1 Å². The maximum Gasteiger partial charge on any atom is 0.330 e. The first-order chi connectivity index (χ1) is 28.9. The van der Waals surface area contributed by atoms with E-state index in [1.54, 1.807) is 25.1 Å². The van der Waals surface area contributed by atoms with E-state index in [1.165, 1.54) is 17.0 Å². The maximum atomic E-state index is 14.8. The van der Waals surface area contributed by atoms with Crippen LogP contribution in [-0.2, 0) is 49.7 Å². The summed E-state index contributed by atoms with van der Waals surface area (Å²) in [6.07, 6.45) is 6.02. The lowest BCUT2D eigenvalue weighted by molar-refractivity contribution is -0.150. The molecule has 2 aromatic carbocycles. The number of hydrogen-bond donors (Lipinski definition) is 6. The summed E-state index contributed by atoms with van der Waals surface area (Å²) in [5, 5.41) is 29.7. The van der Waals surface area contributed by atoms with E-state index in [0.29, 0.717) is 50.5 Å². The molecule has 7 atom stereocenters. The Morgan fingerprint density at radius 2 is 1.40 bits per heavy atom. The van der Waals surface area contributed by atoms with Gasteiger partial charge in [-0.15, -0.1) is 0 Å². The number of ether oxygens (including phenoxy) is 1. The SMILES string of the molecule is CCCC(NC(=O)[C@@H]1C[C@@H](OCc2ccccc2)CN1C(=O)C(NC(=O)C1CCCCC1C(=O)O)C1CCCCC1)C(=O)C(=O)NCC(=O)NC(C(=O)O)c1ccccc1. The number of nitrogens with one attached hydrogen (secondary N) is 4. The molecule has 2 aromatic rings. The van der Waals surface area contributed by atoms with E-state index < -0.39 is 95.9 Å². The van der Waals surface area contributed by atoms with Gasteiger partial charge in [0.2, 0.25) is 29.4 Å². The fourth-order valence-corrected chi connectivity index (χ4v) is 8.60. The van der Waals surface area contributed by atoms with E-state index in [2.05, 4.69) is 21.3 Å². The lowest BCUT2D eigenvalue weighted by Gasteiger charge is -2.36. The Bertz CT molecular complexity index is 1840. The van der Waals surface area contributed by atoms with Crippen molar-refractivity contribution in [2.45, 2.75) is 121 Å². The van der Waals surface area contributed by atoms with Crippen LogP contribution < -0.4 is 21.3 Å². The number of likely N-dealkylation sites (tertiary alicyclic amines) is 1. The van der Waals surface area contributed by atoms with Crippen LogP contribution in [-0.4, -0.2) is 99.7 Å². The Labute approximate surface area is 349 Å². The molecule has 1 aliphatic heterocycles. The van der Waals surface area contributed by atoms with E-state index in [4.69, 9.17) is 4.74 Å². The van der Waals surface area contributed by atoms with Crippen LogP contribution in [0.1, 0.15) is 101 Å². The average Bonchev–Trinajstić information content (AvgIpc) is 3.70. The fraction of sp³-hybridized carbons (Fsp3) is 0.545. The zero-order chi connectivity index (χ0) is 43.2. The highest BCUT2D eigenvalue weighted by atomic mass is 16.5. The number of carbonyl (C=O) groups is 8. The summed E-state index contributed by atoms with van der Waals surface area (Å²) in [5.74, 6) is -9.02. The van der Waals surface area contributed by atoms with E-state index in [1.807, 2.05) is 30.3 Å². The molecule has 5 unspecified atom stereocenters. The number of aliphatic carboxylic acids is 2. The first-order valence-corrected chi connectivity index (χ1v) is 21.1. The van der Waals surface area contributed by atoms with Crippen molar-refractivity contribution in [1.82, 2.24) is 26.2 Å². The number of ketones is 1. The predicted octanol–water partition coefficient (Wildman–Crippen LogP) is 3.04. The summed E-state index contributed by atoms with van der Waals surface area (Å²) in [5.41, 5.74) is 1.19. The highest BCUT2D eigenvalue weighted by Gasteiger charge is 2.46. The lowest BCUT2D eigenvalue weighted by atomic mass is 9.78. The molecule has 16 heteroatoms. The molecule has 3 fully saturated rings. The smallest absolute Gasteiger partial charge is 0.330 e. The number of hydrogen-bond acceptors (Lipinski definition) is 9. The van der Waals surface area contributed by atoms with E-state index in [9.17, 15) is 48.6 Å². The van der Waals surface area contributed by atoms with Crippen LogP contribution in [0.15, 0.2) is 60.7 Å². The van der Waals surface area contributed by atoms with Gasteiger partial charge in [-0.25, -0.2) is 4.79 Å². The van der Waals surface area contributed by atoms with Gasteiger partial charge in [0.15, 0.2) is 6.04 Å². The Morgan fingerprint density at radius 1 is 0.767 bits per heavy atom. The minimum Gasteiger partial charge on any atom is -0.481 e. The Kier molecular flexibility index (Phi) is 16.7. The molecule has 6 N–H and O–H groups in total. The zero-order valence-electron chi connectivity index (χ0n) is 34.0. The van der Waals surface area contributed by atoms with E-state index in [-0.39, 0.29) is 31.9 Å². The highest BCUT2D eigenvalue weighted by molar-refractivity contribution is 6.38. The van der Waals surface area contributed by atoms with Gasteiger partial charge in [-0.2, -0.15) is 0 Å². The second-order valence-corrected chi connectivity index (χ2v) is 16.0. The molecule has 2 aliphatic carbocycles. The normalized spacial score (nSPS) is 22.1. The minimum atomic E-state index is -1.39. The number of carboxylic acid groups (broad SMARTS) is 2. The van der Waals surface area contributed by atoms with Gasteiger partial charge in [0.05, 0.1) is 37.1 Å². The number of nitrogens with zero attached hydrogens (tertiary/aromatic N) is 1. The van der Waals surface area contributed by atoms with Crippen molar-refractivity contribution in [1.29, 1.82) is 0 Å². The first-order valence-electron chi connectivity index (χ1n) is 21.1. The van der Waals surface area contributed by atoms with Gasteiger partial charge in [-0.1, -0.05) is 106 Å². The molecule has 1 heterocycles. The maximum absolute atomic E-state index is 14.8. The molecule has 0 spiro atoms. The second-order valence-electron chi connectivity index (χ2n) is 16.0. The molecular formula is C44H57N5O11. The van der Waals surface area contributed by atoms with Gasteiger partial charge < -0.3 is 41.1 Å². The van der Waals surface area contributed by atoms with E-state index >= 15 is 0 Å². The molecule has 324 valence electrons. The van der Waals surface area contributed by atoms with Gasteiger partial charge in [-0.3, -0.25) is 33.6 Å². The number of carboxylic acids is 2. The van der Waals surface area contributed by atoms with Crippen molar-refractivity contribution < 1.29 is 53.3 Å². The second kappa shape index (κ2) is 22.1. The molecule has 16 nitrogen and oxygen atoms in total. The van der Waals surface area contributed by atoms with Crippen molar-refractivity contribution >= 4 is 47.3 Å². The fourth-order valence-electron chi connectivity index (χ4n) is 8.60. The van der Waals surface area contributed by atoms with Crippen molar-refractivity contribution in [3.05, 3.63) is 71.8 Å². The predicted molar refractivity (Wildman–Crippen MR) is 217 cm³/mol. The monoisotopic (exact) mass is 831 g/mol. The molecule has 1 saturated heterocycles.